The van der Waals surface area contributed by atoms with Gasteiger partial charge in [-0.15, -0.1) is 10.2 Å². The average Bonchev–Trinajstić information content (AvgIpc) is 3.10. The molecule has 1 aliphatic rings. The van der Waals surface area contributed by atoms with Gasteiger partial charge in [-0.3, -0.25) is 0 Å². The lowest BCUT2D eigenvalue weighted by atomic mass is 10.2. The molecule has 0 saturated heterocycles. The monoisotopic (exact) mass is 297 g/mol. The fourth-order valence-corrected chi connectivity index (χ4v) is 2.17. The van der Waals surface area contributed by atoms with Crippen LogP contribution in [0.15, 0.2) is 22.6 Å². The Kier molecular flexibility index (Phi) is 3.73. The number of hydrogen-bond donors (Lipinski definition) is 1. The summed E-state index contributed by atoms with van der Waals surface area (Å²) < 4.78 is 5.60. The highest BCUT2D eigenvalue weighted by Crippen LogP contribution is 2.29. The van der Waals surface area contributed by atoms with E-state index in [1.165, 1.54) is 12.8 Å². The van der Waals surface area contributed by atoms with E-state index in [4.69, 9.17) is 27.6 Å². The minimum atomic E-state index is 0.411. The van der Waals surface area contributed by atoms with Gasteiger partial charge >= 0.3 is 0 Å². The zero-order valence-corrected chi connectivity index (χ0v) is 11.7. The third kappa shape index (κ3) is 3.26. The maximum atomic E-state index is 6.10. The maximum Gasteiger partial charge on any atom is 0.249 e. The van der Waals surface area contributed by atoms with E-state index in [-0.39, 0.29) is 0 Å². The molecule has 0 unspecified atom stereocenters. The van der Waals surface area contributed by atoms with Crippen LogP contribution in [-0.4, -0.2) is 22.8 Å². The van der Waals surface area contributed by atoms with Crippen molar-refractivity contribution in [1.29, 1.82) is 0 Å². The van der Waals surface area contributed by atoms with E-state index in [0.29, 0.717) is 33.4 Å². The molecule has 100 valence electrons. The number of hydrogen-bond acceptors (Lipinski definition) is 4. The zero-order chi connectivity index (χ0) is 13.2. The third-order valence-corrected chi connectivity index (χ3v) is 3.54. The van der Waals surface area contributed by atoms with Crippen molar-refractivity contribution in [1.82, 2.24) is 15.5 Å². The number of halogens is 2. The summed E-state index contributed by atoms with van der Waals surface area (Å²) >= 11 is 12.0. The molecular formula is C13H13Cl2N3O. The SMILES string of the molecule is Clc1ccc(Cl)c(-c2nnc(CCNC3CC3)o2)c1. The summed E-state index contributed by atoms with van der Waals surface area (Å²) in [7, 11) is 0. The van der Waals surface area contributed by atoms with Gasteiger partial charge < -0.3 is 9.73 Å². The van der Waals surface area contributed by atoms with Crippen LogP contribution < -0.4 is 5.32 Å². The fourth-order valence-electron chi connectivity index (χ4n) is 1.80. The lowest BCUT2D eigenvalue weighted by Crippen LogP contribution is -2.19. The normalized spacial score (nSPS) is 14.8. The molecule has 2 aromatic rings. The Bertz CT molecular complexity index is 581. The van der Waals surface area contributed by atoms with Crippen LogP contribution in [0.2, 0.25) is 10.0 Å². The largest absolute Gasteiger partial charge is 0.421 e. The molecule has 0 bridgehead atoms. The van der Waals surface area contributed by atoms with E-state index in [1.807, 2.05) is 0 Å². The van der Waals surface area contributed by atoms with Crippen LogP contribution in [0.1, 0.15) is 18.7 Å². The highest BCUT2D eigenvalue weighted by Gasteiger charge is 2.20. The van der Waals surface area contributed by atoms with Crippen LogP contribution in [0.3, 0.4) is 0 Å². The zero-order valence-electron chi connectivity index (χ0n) is 10.2. The molecule has 6 heteroatoms. The lowest BCUT2D eigenvalue weighted by Gasteiger charge is -2.00. The number of nitrogens with zero attached hydrogens (tertiary/aromatic N) is 2. The number of benzene rings is 1. The minimum Gasteiger partial charge on any atom is -0.421 e. The van der Waals surface area contributed by atoms with E-state index in [9.17, 15) is 0 Å². The molecule has 1 saturated carbocycles. The number of rotatable bonds is 5. The maximum absolute atomic E-state index is 6.10. The van der Waals surface area contributed by atoms with Gasteiger partial charge in [0.1, 0.15) is 0 Å². The van der Waals surface area contributed by atoms with Gasteiger partial charge in [0, 0.05) is 24.0 Å². The van der Waals surface area contributed by atoms with Gasteiger partial charge in [0.25, 0.3) is 0 Å². The van der Waals surface area contributed by atoms with Crippen molar-refractivity contribution in [3.8, 4) is 11.5 Å². The summed E-state index contributed by atoms with van der Waals surface area (Å²) in [4.78, 5) is 0. The van der Waals surface area contributed by atoms with E-state index < -0.39 is 0 Å². The van der Waals surface area contributed by atoms with Gasteiger partial charge in [-0.1, -0.05) is 23.2 Å². The van der Waals surface area contributed by atoms with Crippen molar-refractivity contribution in [3.05, 3.63) is 34.1 Å². The molecule has 1 aromatic heterocycles. The van der Waals surface area contributed by atoms with Gasteiger partial charge in [0.05, 0.1) is 10.6 Å². The molecule has 3 rings (SSSR count). The predicted molar refractivity (Wildman–Crippen MR) is 74.5 cm³/mol. The summed E-state index contributed by atoms with van der Waals surface area (Å²) in [6, 6.07) is 5.86. The predicted octanol–water partition coefficient (Wildman–Crippen LogP) is 3.34. The first kappa shape index (κ1) is 12.9. The Morgan fingerprint density at radius 1 is 1.26 bits per heavy atom. The number of nitrogens with one attached hydrogen (secondary N) is 1. The summed E-state index contributed by atoms with van der Waals surface area (Å²) in [6.07, 6.45) is 3.27. The van der Waals surface area contributed by atoms with Crippen molar-refractivity contribution >= 4 is 23.2 Å². The molecule has 1 fully saturated rings. The van der Waals surface area contributed by atoms with Crippen molar-refractivity contribution in [2.45, 2.75) is 25.3 Å². The van der Waals surface area contributed by atoms with E-state index in [0.717, 1.165) is 13.0 Å². The summed E-state index contributed by atoms with van der Waals surface area (Å²) in [6.45, 7) is 0.857. The molecule has 19 heavy (non-hydrogen) atoms. The first-order valence-electron chi connectivity index (χ1n) is 6.23. The Morgan fingerprint density at radius 3 is 2.89 bits per heavy atom. The molecule has 0 aliphatic heterocycles. The highest BCUT2D eigenvalue weighted by atomic mass is 35.5. The molecular weight excluding hydrogens is 285 g/mol. The molecule has 1 aromatic carbocycles. The fraction of sp³-hybridized carbons (Fsp3) is 0.385. The topological polar surface area (TPSA) is 51.0 Å². The first-order chi connectivity index (χ1) is 9.22. The molecule has 0 atom stereocenters. The second-order valence-electron chi connectivity index (χ2n) is 4.60. The van der Waals surface area contributed by atoms with Gasteiger partial charge in [-0.05, 0) is 31.0 Å². The average molecular weight is 298 g/mol. The minimum absolute atomic E-state index is 0.411. The van der Waals surface area contributed by atoms with E-state index in [1.54, 1.807) is 18.2 Å². The van der Waals surface area contributed by atoms with Crippen LogP contribution in [0.5, 0.6) is 0 Å². The summed E-state index contributed by atoms with van der Waals surface area (Å²) in [5.74, 6) is 1.02. The second-order valence-corrected chi connectivity index (χ2v) is 5.45. The lowest BCUT2D eigenvalue weighted by molar-refractivity contribution is 0.494. The van der Waals surface area contributed by atoms with Crippen molar-refractivity contribution in [2.24, 2.45) is 0 Å². The highest BCUT2D eigenvalue weighted by molar-refractivity contribution is 6.35. The standard InChI is InChI=1S/C13H13Cl2N3O/c14-8-1-4-11(15)10(7-8)13-18-17-12(19-13)5-6-16-9-2-3-9/h1,4,7,9,16H,2-3,5-6H2. The van der Waals surface area contributed by atoms with E-state index >= 15 is 0 Å². The second kappa shape index (κ2) is 5.49. The van der Waals surface area contributed by atoms with Crippen LogP contribution in [0, 0.1) is 0 Å². The quantitative estimate of drug-likeness (QED) is 0.920. The number of aromatic nitrogens is 2. The smallest absolute Gasteiger partial charge is 0.249 e. The molecule has 4 nitrogen and oxygen atoms in total. The van der Waals surface area contributed by atoms with E-state index in [2.05, 4.69) is 15.5 Å². The Hall–Kier alpha value is -1.10. The van der Waals surface area contributed by atoms with Gasteiger partial charge in [0.2, 0.25) is 11.8 Å². The third-order valence-electron chi connectivity index (χ3n) is 2.97. The van der Waals surface area contributed by atoms with Crippen molar-refractivity contribution in [2.75, 3.05) is 6.54 Å². The summed E-state index contributed by atoms with van der Waals surface area (Å²) in [5.41, 5.74) is 0.670. The van der Waals surface area contributed by atoms with Crippen LogP contribution >= 0.6 is 23.2 Å². The van der Waals surface area contributed by atoms with Crippen molar-refractivity contribution < 1.29 is 4.42 Å². The molecule has 0 radical (unpaired) electrons. The molecule has 0 amide bonds. The Balaban J connectivity index is 1.70. The molecule has 1 N–H and O–H groups in total. The Labute approximate surface area is 121 Å². The van der Waals surface area contributed by atoms with Crippen LogP contribution in [0.25, 0.3) is 11.5 Å². The Morgan fingerprint density at radius 2 is 2.11 bits per heavy atom. The first-order valence-corrected chi connectivity index (χ1v) is 6.99. The van der Waals surface area contributed by atoms with Gasteiger partial charge in [0.15, 0.2) is 0 Å². The molecule has 1 heterocycles. The summed E-state index contributed by atoms with van der Waals surface area (Å²) in [5, 5.41) is 12.6. The van der Waals surface area contributed by atoms with Gasteiger partial charge in [-0.25, -0.2) is 0 Å². The van der Waals surface area contributed by atoms with Crippen LogP contribution in [-0.2, 0) is 6.42 Å². The molecule has 0 spiro atoms. The molecule has 1 aliphatic carbocycles. The van der Waals surface area contributed by atoms with Gasteiger partial charge in [-0.2, -0.15) is 0 Å². The van der Waals surface area contributed by atoms with Crippen LogP contribution in [0.4, 0.5) is 0 Å². The van der Waals surface area contributed by atoms with Crippen molar-refractivity contribution in [3.63, 3.8) is 0 Å².